The standard InChI is InChI=1S/C16H25N3O4S/c20-13(19-7-3-4-10(8-19)15(21)22)6-2-1-5-12-14-11(9-24-12)17-16(23)18-14/h10-12,14H,1-9H2,(H,21,22)(H2,17,18,23)/t10?,11-,12-,14-/m0/s1. The van der Waals surface area contributed by atoms with E-state index in [2.05, 4.69) is 10.6 Å². The molecular formula is C16H25N3O4S. The number of unbranched alkanes of at least 4 members (excludes halogenated alkanes) is 1. The molecule has 8 heteroatoms. The summed E-state index contributed by atoms with van der Waals surface area (Å²) in [7, 11) is 0. The van der Waals surface area contributed by atoms with E-state index >= 15 is 0 Å². The largest absolute Gasteiger partial charge is 0.481 e. The van der Waals surface area contributed by atoms with Gasteiger partial charge in [0.25, 0.3) is 0 Å². The second-order valence-electron chi connectivity index (χ2n) is 6.88. The van der Waals surface area contributed by atoms with Gasteiger partial charge in [-0.2, -0.15) is 11.8 Å². The molecule has 0 spiro atoms. The third-order valence-corrected chi connectivity index (χ3v) is 6.70. The van der Waals surface area contributed by atoms with Crippen molar-refractivity contribution in [3.8, 4) is 0 Å². The molecule has 3 fully saturated rings. The van der Waals surface area contributed by atoms with Crippen LogP contribution in [0.15, 0.2) is 0 Å². The average molecular weight is 355 g/mol. The van der Waals surface area contributed by atoms with Crippen molar-refractivity contribution in [2.24, 2.45) is 5.92 Å². The third kappa shape index (κ3) is 3.96. The molecule has 7 nitrogen and oxygen atoms in total. The number of carbonyl (C=O) groups excluding carboxylic acids is 2. The highest BCUT2D eigenvalue weighted by atomic mass is 32.2. The first kappa shape index (κ1) is 17.4. The highest BCUT2D eigenvalue weighted by Gasteiger charge is 2.42. The van der Waals surface area contributed by atoms with Crippen molar-refractivity contribution in [1.82, 2.24) is 15.5 Å². The number of aliphatic carboxylic acids is 1. The fourth-order valence-electron chi connectivity index (χ4n) is 3.83. The lowest BCUT2D eigenvalue weighted by Gasteiger charge is -2.30. The number of rotatable bonds is 6. The number of nitrogens with zero attached hydrogens (tertiary/aromatic N) is 1. The third-order valence-electron chi connectivity index (χ3n) is 5.19. The maximum Gasteiger partial charge on any atom is 0.315 e. The van der Waals surface area contributed by atoms with Crippen LogP contribution >= 0.6 is 11.8 Å². The number of urea groups is 1. The van der Waals surface area contributed by atoms with E-state index in [1.54, 1.807) is 4.90 Å². The average Bonchev–Trinajstić information content (AvgIpc) is 3.11. The summed E-state index contributed by atoms with van der Waals surface area (Å²) in [5.41, 5.74) is 0. The SMILES string of the molecule is O=C1N[C@H]2[C@H](CS[C@H]2CCCCC(=O)N2CCCC(C(=O)O)C2)N1. The van der Waals surface area contributed by atoms with Crippen LogP contribution in [0.3, 0.4) is 0 Å². The Labute approximate surface area is 145 Å². The highest BCUT2D eigenvalue weighted by Crippen LogP contribution is 2.33. The second-order valence-corrected chi connectivity index (χ2v) is 8.16. The molecule has 0 bridgehead atoms. The van der Waals surface area contributed by atoms with Gasteiger partial charge in [0.1, 0.15) is 0 Å². The summed E-state index contributed by atoms with van der Waals surface area (Å²) in [6.07, 6.45) is 4.71. The molecule has 0 aromatic rings. The Balaban J connectivity index is 1.35. The van der Waals surface area contributed by atoms with Crippen molar-refractivity contribution in [2.45, 2.75) is 55.9 Å². The second kappa shape index (κ2) is 7.63. The predicted molar refractivity (Wildman–Crippen MR) is 90.9 cm³/mol. The Morgan fingerprint density at radius 3 is 2.92 bits per heavy atom. The molecule has 0 saturated carbocycles. The zero-order valence-corrected chi connectivity index (χ0v) is 14.5. The van der Waals surface area contributed by atoms with Crippen molar-refractivity contribution in [1.29, 1.82) is 0 Å². The first-order valence-electron chi connectivity index (χ1n) is 8.74. The van der Waals surface area contributed by atoms with Gasteiger partial charge in [0.2, 0.25) is 5.91 Å². The Morgan fingerprint density at radius 1 is 1.29 bits per heavy atom. The molecule has 0 aliphatic carbocycles. The summed E-state index contributed by atoms with van der Waals surface area (Å²) in [4.78, 5) is 36.4. The fraction of sp³-hybridized carbons (Fsp3) is 0.812. The molecule has 3 saturated heterocycles. The molecule has 4 atom stereocenters. The van der Waals surface area contributed by atoms with E-state index < -0.39 is 11.9 Å². The molecule has 0 aromatic carbocycles. The molecular weight excluding hydrogens is 330 g/mol. The molecule has 134 valence electrons. The Morgan fingerprint density at radius 2 is 2.12 bits per heavy atom. The molecule has 3 rings (SSSR count). The van der Waals surface area contributed by atoms with Crippen LogP contribution in [0, 0.1) is 5.92 Å². The lowest BCUT2D eigenvalue weighted by Crippen LogP contribution is -2.42. The summed E-state index contributed by atoms with van der Waals surface area (Å²) < 4.78 is 0. The Hall–Kier alpha value is -1.44. The van der Waals surface area contributed by atoms with Gasteiger partial charge in [-0.05, 0) is 25.7 Å². The maximum absolute atomic E-state index is 12.2. The van der Waals surface area contributed by atoms with E-state index in [1.165, 1.54) is 0 Å². The number of carboxylic acid groups (broad SMARTS) is 1. The molecule has 0 aromatic heterocycles. The summed E-state index contributed by atoms with van der Waals surface area (Å²) in [5, 5.41) is 15.4. The first-order chi connectivity index (χ1) is 11.5. The van der Waals surface area contributed by atoms with E-state index in [4.69, 9.17) is 5.11 Å². The van der Waals surface area contributed by atoms with Crippen LogP contribution < -0.4 is 10.6 Å². The van der Waals surface area contributed by atoms with Gasteiger partial charge in [0.05, 0.1) is 18.0 Å². The van der Waals surface area contributed by atoms with Crippen LogP contribution in [-0.4, -0.2) is 64.1 Å². The van der Waals surface area contributed by atoms with E-state index in [1.807, 2.05) is 11.8 Å². The number of fused-ring (bicyclic) bond motifs is 1. The van der Waals surface area contributed by atoms with Crippen LogP contribution in [0.4, 0.5) is 4.79 Å². The van der Waals surface area contributed by atoms with Crippen LogP contribution in [-0.2, 0) is 9.59 Å². The van der Waals surface area contributed by atoms with Gasteiger partial charge in [0.15, 0.2) is 0 Å². The lowest BCUT2D eigenvalue weighted by molar-refractivity contribution is -0.145. The molecule has 1 unspecified atom stereocenters. The first-order valence-corrected chi connectivity index (χ1v) is 9.78. The van der Waals surface area contributed by atoms with Crippen LogP contribution in [0.2, 0.25) is 0 Å². The quantitative estimate of drug-likeness (QED) is 0.488. The van der Waals surface area contributed by atoms with E-state index in [9.17, 15) is 14.4 Å². The molecule has 24 heavy (non-hydrogen) atoms. The minimum Gasteiger partial charge on any atom is -0.481 e. The summed E-state index contributed by atoms with van der Waals surface area (Å²) in [5.74, 6) is -0.175. The monoisotopic (exact) mass is 355 g/mol. The number of piperidine rings is 1. The normalized spacial score (nSPS) is 32.2. The van der Waals surface area contributed by atoms with Gasteiger partial charge in [0, 0.05) is 30.5 Å². The number of thioether (sulfide) groups is 1. The number of nitrogens with one attached hydrogen (secondary N) is 2. The fourth-order valence-corrected chi connectivity index (χ4v) is 5.37. The molecule has 3 amide bonds. The molecule has 3 aliphatic rings. The number of carboxylic acids is 1. The minimum atomic E-state index is -0.799. The number of hydrogen-bond acceptors (Lipinski definition) is 4. The maximum atomic E-state index is 12.2. The number of carbonyl (C=O) groups is 3. The molecule has 3 heterocycles. The van der Waals surface area contributed by atoms with E-state index in [-0.39, 0.29) is 24.0 Å². The van der Waals surface area contributed by atoms with Crippen molar-refractivity contribution >= 4 is 29.7 Å². The minimum absolute atomic E-state index is 0.0661. The predicted octanol–water partition coefficient (Wildman–Crippen LogP) is 1.04. The Kier molecular flexibility index (Phi) is 5.53. The van der Waals surface area contributed by atoms with Crippen molar-refractivity contribution < 1.29 is 19.5 Å². The van der Waals surface area contributed by atoms with Crippen molar-refractivity contribution in [3.05, 3.63) is 0 Å². The summed E-state index contributed by atoms with van der Waals surface area (Å²) in [6, 6.07) is 0.399. The highest BCUT2D eigenvalue weighted by molar-refractivity contribution is 8.00. The number of amides is 3. The summed E-state index contributed by atoms with van der Waals surface area (Å²) >= 11 is 1.89. The van der Waals surface area contributed by atoms with Gasteiger partial charge in [-0.3, -0.25) is 9.59 Å². The van der Waals surface area contributed by atoms with Gasteiger partial charge in [-0.25, -0.2) is 4.79 Å². The van der Waals surface area contributed by atoms with Gasteiger partial charge in [-0.15, -0.1) is 0 Å². The van der Waals surface area contributed by atoms with Gasteiger partial charge in [-0.1, -0.05) is 6.42 Å². The zero-order valence-electron chi connectivity index (χ0n) is 13.7. The van der Waals surface area contributed by atoms with Gasteiger partial charge < -0.3 is 20.6 Å². The van der Waals surface area contributed by atoms with Gasteiger partial charge >= 0.3 is 12.0 Å². The molecule has 3 N–H and O–H groups in total. The molecule has 3 aliphatic heterocycles. The lowest BCUT2D eigenvalue weighted by atomic mass is 9.97. The Bertz CT molecular complexity index is 516. The number of likely N-dealkylation sites (tertiary alicyclic amines) is 1. The smallest absolute Gasteiger partial charge is 0.315 e. The van der Waals surface area contributed by atoms with E-state index in [0.29, 0.717) is 31.2 Å². The molecule has 0 radical (unpaired) electrons. The van der Waals surface area contributed by atoms with Crippen LogP contribution in [0.5, 0.6) is 0 Å². The number of hydrogen-bond donors (Lipinski definition) is 3. The van der Waals surface area contributed by atoms with Crippen LogP contribution in [0.1, 0.15) is 38.5 Å². The topological polar surface area (TPSA) is 98.7 Å². The van der Waals surface area contributed by atoms with E-state index in [0.717, 1.165) is 31.4 Å². The van der Waals surface area contributed by atoms with Crippen LogP contribution in [0.25, 0.3) is 0 Å². The zero-order chi connectivity index (χ0) is 17.1. The summed E-state index contributed by atoms with van der Waals surface area (Å²) in [6.45, 7) is 1.04. The van der Waals surface area contributed by atoms with Crippen molar-refractivity contribution in [2.75, 3.05) is 18.8 Å². The van der Waals surface area contributed by atoms with Crippen molar-refractivity contribution in [3.63, 3.8) is 0 Å².